The summed E-state index contributed by atoms with van der Waals surface area (Å²) in [6, 6.07) is 0. The maximum Gasteiger partial charge on any atom is 0.339 e. The van der Waals surface area contributed by atoms with Crippen molar-refractivity contribution in [3.8, 4) is 0 Å². The van der Waals surface area contributed by atoms with E-state index in [0.717, 1.165) is 12.8 Å². The Labute approximate surface area is 106 Å². The van der Waals surface area contributed by atoms with E-state index >= 15 is 0 Å². The normalized spacial score (nSPS) is 10.4. The summed E-state index contributed by atoms with van der Waals surface area (Å²) in [7, 11) is 1.58. The molecule has 0 bridgehead atoms. The van der Waals surface area contributed by atoms with Gasteiger partial charge in [0, 0.05) is 20.1 Å². The minimum absolute atomic E-state index is 0.0419. The highest BCUT2D eigenvalue weighted by molar-refractivity contribution is 6.03. The number of nitrogens with zero attached hydrogens (tertiary/aromatic N) is 3. The van der Waals surface area contributed by atoms with Crippen molar-refractivity contribution in [2.24, 2.45) is 7.05 Å². The zero-order valence-electron chi connectivity index (χ0n) is 11.0. The van der Waals surface area contributed by atoms with E-state index in [0.29, 0.717) is 13.1 Å². The number of aromatic nitrogens is 2. The van der Waals surface area contributed by atoms with Crippen LogP contribution < -0.4 is 0 Å². The van der Waals surface area contributed by atoms with Gasteiger partial charge < -0.3 is 10.0 Å². The third-order valence-electron chi connectivity index (χ3n) is 2.65. The Bertz CT molecular complexity index is 434. The van der Waals surface area contributed by atoms with Crippen molar-refractivity contribution in [2.75, 3.05) is 13.1 Å². The number of carbonyl (C=O) groups excluding carboxylic acids is 1. The number of rotatable bonds is 6. The van der Waals surface area contributed by atoms with Crippen LogP contribution in [0, 0.1) is 0 Å². The van der Waals surface area contributed by atoms with Gasteiger partial charge in [0.2, 0.25) is 0 Å². The molecule has 6 heteroatoms. The summed E-state index contributed by atoms with van der Waals surface area (Å²) in [4.78, 5) is 25.1. The summed E-state index contributed by atoms with van der Waals surface area (Å²) in [5.74, 6) is -1.39. The number of amides is 1. The molecule has 0 fully saturated rings. The molecule has 1 heterocycles. The van der Waals surface area contributed by atoms with Gasteiger partial charge >= 0.3 is 5.97 Å². The van der Waals surface area contributed by atoms with Gasteiger partial charge in [0.05, 0.1) is 6.20 Å². The predicted octanol–water partition coefficient (Wildman–Crippen LogP) is 1.38. The van der Waals surface area contributed by atoms with Crippen molar-refractivity contribution in [3.05, 3.63) is 17.5 Å². The van der Waals surface area contributed by atoms with Gasteiger partial charge in [-0.05, 0) is 12.8 Å². The van der Waals surface area contributed by atoms with Crippen molar-refractivity contribution in [3.63, 3.8) is 0 Å². The van der Waals surface area contributed by atoms with Crippen molar-refractivity contribution in [2.45, 2.75) is 26.7 Å². The van der Waals surface area contributed by atoms with E-state index in [4.69, 9.17) is 5.11 Å². The molecule has 1 N–H and O–H groups in total. The molecule has 1 amide bonds. The summed E-state index contributed by atoms with van der Waals surface area (Å²) < 4.78 is 1.32. The van der Waals surface area contributed by atoms with E-state index in [2.05, 4.69) is 5.10 Å². The number of hydrogen-bond donors (Lipinski definition) is 1. The summed E-state index contributed by atoms with van der Waals surface area (Å²) in [5, 5.41) is 12.9. The fourth-order valence-corrected chi connectivity index (χ4v) is 1.85. The Balaban J connectivity index is 3.07. The molecule has 0 radical (unpaired) electrons. The minimum atomic E-state index is -1.13. The standard InChI is InChI=1S/C12H19N3O3/c1-4-6-15(7-5-2)11(16)10-9(12(17)18)8-13-14(10)3/h8H,4-7H2,1-3H3,(H,17,18). The number of carboxylic acid groups (broad SMARTS) is 1. The first-order chi connectivity index (χ1) is 8.52. The predicted molar refractivity (Wildman–Crippen MR) is 66.7 cm³/mol. The van der Waals surface area contributed by atoms with Crippen LogP contribution in [0.25, 0.3) is 0 Å². The molecule has 0 aliphatic carbocycles. The van der Waals surface area contributed by atoms with Crippen LogP contribution in [0.2, 0.25) is 0 Å². The molecular weight excluding hydrogens is 234 g/mol. The lowest BCUT2D eigenvalue weighted by Gasteiger charge is -2.21. The van der Waals surface area contributed by atoms with Gasteiger partial charge in [-0.15, -0.1) is 0 Å². The van der Waals surface area contributed by atoms with Gasteiger partial charge in [0.15, 0.2) is 0 Å². The number of aromatic carboxylic acids is 1. The van der Waals surface area contributed by atoms with E-state index in [-0.39, 0.29) is 17.2 Å². The van der Waals surface area contributed by atoms with Gasteiger partial charge in [-0.25, -0.2) is 4.79 Å². The monoisotopic (exact) mass is 253 g/mol. The Morgan fingerprint density at radius 2 is 1.89 bits per heavy atom. The van der Waals surface area contributed by atoms with Crippen LogP contribution in [0.4, 0.5) is 0 Å². The number of aryl methyl sites for hydroxylation is 1. The topological polar surface area (TPSA) is 75.4 Å². The second-order valence-corrected chi connectivity index (χ2v) is 4.13. The van der Waals surface area contributed by atoms with Crippen molar-refractivity contribution < 1.29 is 14.7 Å². The van der Waals surface area contributed by atoms with Gasteiger partial charge in [0.1, 0.15) is 11.3 Å². The lowest BCUT2D eigenvalue weighted by Crippen LogP contribution is -2.34. The van der Waals surface area contributed by atoms with Crippen molar-refractivity contribution in [1.29, 1.82) is 0 Å². The van der Waals surface area contributed by atoms with Gasteiger partial charge in [-0.3, -0.25) is 9.48 Å². The SMILES string of the molecule is CCCN(CCC)C(=O)c1c(C(=O)O)cnn1C. The molecule has 1 aromatic rings. The van der Waals surface area contributed by atoms with Crippen LogP contribution >= 0.6 is 0 Å². The maximum absolute atomic E-state index is 12.3. The molecule has 18 heavy (non-hydrogen) atoms. The van der Waals surface area contributed by atoms with E-state index < -0.39 is 5.97 Å². The average Bonchev–Trinajstić information content (AvgIpc) is 2.70. The molecule has 6 nitrogen and oxygen atoms in total. The Kier molecular flexibility index (Phi) is 4.88. The first-order valence-corrected chi connectivity index (χ1v) is 6.07. The zero-order valence-corrected chi connectivity index (χ0v) is 11.0. The molecule has 0 aliphatic rings. The second kappa shape index (κ2) is 6.18. The summed E-state index contributed by atoms with van der Waals surface area (Å²) in [5.41, 5.74) is 0.101. The van der Waals surface area contributed by atoms with Crippen molar-refractivity contribution >= 4 is 11.9 Å². The Hall–Kier alpha value is -1.85. The van der Waals surface area contributed by atoms with Crippen LogP contribution in [0.15, 0.2) is 6.20 Å². The van der Waals surface area contributed by atoms with Crippen LogP contribution in [0.1, 0.15) is 47.5 Å². The molecule has 1 rings (SSSR count). The van der Waals surface area contributed by atoms with Crippen LogP contribution in [0.3, 0.4) is 0 Å². The molecule has 0 spiro atoms. The van der Waals surface area contributed by atoms with Gasteiger partial charge in [-0.2, -0.15) is 5.10 Å². The highest BCUT2D eigenvalue weighted by atomic mass is 16.4. The lowest BCUT2D eigenvalue weighted by atomic mass is 10.2. The molecular formula is C12H19N3O3. The minimum Gasteiger partial charge on any atom is -0.478 e. The quantitative estimate of drug-likeness (QED) is 0.831. The number of hydrogen-bond acceptors (Lipinski definition) is 3. The van der Waals surface area contributed by atoms with E-state index in [1.807, 2.05) is 13.8 Å². The summed E-state index contributed by atoms with van der Waals surface area (Å²) >= 11 is 0. The van der Waals surface area contributed by atoms with E-state index in [1.165, 1.54) is 10.9 Å². The highest BCUT2D eigenvalue weighted by Gasteiger charge is 2.25. The molecule has 1 aromatic heterocycles. The smallest absolute Gasteiger partial charge is 0.339 e. The number of carboxylic acids is 1. The highest BCUT2D eigenvalue weighted by Crippen LogP contribution is 2.12. The van der Waals surface area contributed by atoms with Gasteiger partial charge in [-0.1, -0.05) is 13.8 Å². The fraction of sp³-hybridized carbons (Fsp3) is 0.583. The first-order valence-electron chi connectivity index (χ1n) is 6.07. The maximum atomic E-state index is 12.3. The molecule has 100 valence electrons. The molecule has 0 aromatic carbocycles. The van der Waals surface area contributed by atoms with Crippen molar-refractivity contribution in [1.82, 2.24) is 14.7 Å². The molecule has 0 atom stereocenters. The molecule has 0 unspecified atom stereocenters. The fourth-order valence-electron chi connectivity index (χ4n) is 1.85. The van der Waals surface area contributed by atoms with Gasteiger partial charge in [0.25, 0.3) is 5.91 Å². The van der Waals surface area contributed by atoms with Crippen LogP contribution in [-0.2, 0) is 7.05 Å². The van der Waals surface area contributed by atoms with Crippen LogP contribution in [-0.4, -0.2) is 44.8 Å². The third-order valence-corrected chi connectivity index (χ3v) is 2.65. The Morgan fingerprint density at radius 3 is 2.33 bits per heavy atom. The molecule has 0 saturated heterocycles. The second-order valence-electron chi connectivity index (χ2n) is 4.13. The third kappa shape index (κ3) is 2.88. The van der Waals surface area contributed by atoms with E-state index in [9.17, 15) is 9.59 Å². The largest absolute Gasteiger partial charge is 0.478 e. The lowest BCUT2D eigenvalue weighted by molar-refractivity contribution is 0.0671. The van der Waals surface area contributed by atoms with E-state index in [1.54, 1.807) is 11.9 Å². The summed E-state index contributed by atoms with van der Waals surface area (Å²) in [6.07, 6.45) is 2.89. The summed E-state index contributed by atoms with van der Waals surface area (Å²) in [6.45, 7) is 5.21. The zero-order chi connectivity index (χ0) is 13.7. The molecule has 0 saturated carbocycles. The Morgan fingerprint density at radius 1 is 1.33 bits per heavy atom. The molecule has 0 aliphatic heterocycles. The average molecular weight is 253 g/mol. The van der Waals surface area contributed by atoms with Crippen LogP contribution in [0.5, 0.6) is 0 Å². The first kappa shape index (κ1) is 14.2. The number of carbonyl (C=O) groups is 2.